The Morgan fingerprint density at radius 1 is 1.07 bits per heavy atom. The van der Waals surface area contributed by atoms with Crippen molar-refractivity contribution in [2.24, 2.45) is 0 Å². The van der Waals surface area contributed by atoms with Crippen LogP contribution in [-0.4, -0.2) is 79.1 Å². The first-order chi connectivity index (χ1) is 13.1. The van der Waals surface area contributed by atoms with Crippen LogP contribution in [0.3, 0.4) is 0 Å². The van der Waals surface area contributed by atoms with Crippen molar-refractivity contribution in [1.29, 1.82) is 0 Å². The minimum atomic E-state index is -0.101. The highest BCUT2D eigenvalue weighted by atomic mass is 16.5. The lowest BCUT2D eigenvalue weighted by molar-refractivity contribution is -0.136. The van der Waals surface area contributed by atoms with Crippen LogP contribution in [-0.2, 0) is 4.79 Å². The summed E-state index contributed by atoms with van der Waals surface area (Å²) >= 11 is 0. The van der Waals surface area contributed by atoms with E-state index in [1.807, 2.05) is 29.2 Å². The monoisotopic (exact) mass is 374 g/mol. The number of rotatable bonds is 4. The quantitative estimate of drug-likeness (QED) is 0.878. The molecule has 2 aliphatic rings. The molecule has 2 heterocycles. The number of urea groups is 1. The van der Waals surface area contributed by atoms with Crippen molar-refractivity contribution in [1.82, 2.24) is 14.7 Å². The smallest absolute Gasteiger partial charge is 0.321 e. The molecular formula is C20H30N4O3. The molecule has 1 atom stereocenters. The molecule has 7 heteroatoms. The average Bonchev–Trinajstić information content (AvgIpc) is 2.69. The van der Waals surface area contributed by atoms with Gasteiger partial charge in [-0.15, -0.1) is 0 Å². The molecule has 2 saturated heterocycles. The fourth-order valence-electron chi connectivity index (χ4n) is 3.74. The van der Waals surface area contributed by atoms with Crippen LogP contribution in [0.2, 0.25) is 0 Å². The van der Waals surface area contributed by atoms with Gasteiger partial charge < -0.3 is 19.9 Å². The van der Waals surface area contributed by atoms with E-state index < -0.39 is 0 Å². The Morgan fingerprint density at radius 2 is 1.78 bits per heavy atom. The van der Waals surface area contributed by atoms with Crippen LogP contribution < -0.4 is 10.1 Å². The molecule has 0 aliphatic carbocycles. The molecular weight excluding hydrogens is 344 g/mol. The molecule has 1 aromatic carbocycles. The number of likely N-dealkylation sites (tertiary alicyclic amines) is 1. The van der Waals surface area contributed by atoms with E-state index in [4.69, 9.17) is 4.74 Å². The van der Waals surface area contributed by atoms with Crippen LogP contribution in [0.15, 0.2) is 24.3 Å². The number of carbonyl (C=O) groups excluding carboxylic acids is 2. The molecule has 0 saturated carbocycles. The third kappa shape index (κ3) is 5.13. The predicted octanol–water partition coefficient (Wildman–Crippen LogP) is 2.25. The number of nitrogens with one attached hydrogen (secondary N) is 1. The number of ether oxygens (including phenoxy) is 1. The highest BCUT2D eigenvalue weighted by Crippen LogP contribution is 2.18. The lowest BCUT2D eigenvalue weighted by Crippen LogP contribution is -2.53. The first-order valence-corrected chi connectivity index (χ1v) is 9.78. The Hall–Kier alpha value is -2.28. The number of amides is 3. The van der Waals surface area contributed by atoms with E-state index in [9.17, 15) is 9.59 Å². The summed E-state index contributed by atoms with van der Waals surface area (Å²) in [6.45, 7) is 6.19. The van der Waals surface area contributed by atoms with Crippen LogP contribution in [0.4, 0.5) is 10.5 Å². The van der Waals surface area contributed by atoms with E-state index >= 15 is 0 Å². The van der Waals surface area contributed by atoms with Crippen LogP contribution in [0, 0.1) is 0 Å². The zero-order valence-corrected chi connectivity index (χ0v) is 16.3. The van der Waals surface area contributed by atoms with Gasteiger partial charge in [-0.3, -0.25) is 9.69 Å². The van der Waals surface area contributed by atoms with Crippen LogP contribution in [0.25, 0.3) is 0 Å². The predicted molar refractivity (Wildman–Crippen MR) is 105 cm³/mol. The summed E-state index contributed by atoms with van der Waals surface area (Å²) in [7, 11) is 1.61. The second kappa shape index (κ2) is 9.08. The maximum atomic E-state index is 12.6. The zero-order chi connectivity index (χ0) is 19.2. The molecule has 2 aliphatic heterocycles. The average molecular weight is 374 g/mol. The fourth-order valence-corrected chi connectivity index (χ4v) is 3.74. The second-order valence-electron chi connectivity index (χ2n) is 7.35. The van der Waals surface area contributed by atoms with Crippen molar-refractivity contribution < 1.29 is 14.3 Å². The molecule has 0 radical (unpaired) electrons. The Balaban J connectivity index is 1.43. The number of carbonyl (C=O) groups is 2. The second-order valence-corrected chi connectivity index (χ2v) is 7.35. The van der Waals surface area contributed by atoms with Gasteiger partial charge in [0, 0.05) is 44.5 Å². The highest BCUT2D eigenvalue weighted by Gasteiger charge is 2.27. The standard InChI is InChI=1S/C20H30N4O3/c1-16-5-3-4-10-24(16)19(25)15-22-11-13-23(14-12-22)20(26)21-17-6-8-18(27-2)9-7-17/h6-9,16H,3-5,10-15H2,1-2H3,(H,21,26)/t16-/m1/s1. The lowest BCUT2D eigenvalue weighted by Gasteiger charge is -2.38. The van der Waals surface area contributed by atoms with Gasteiger partial charge >= 0.3 is 6.03 Å². The van der Waals surface area contributed by atoms with E-state index in [0.29, 0.717) is 25.7 Å². The van der Waals surface area contributed by atoms with Gasteiger partial charge in [-0.05, 0) is 50.5 Å². The molecule has 148 valence electrons. The lowest BCUT2D eigenvalue weighted by atomic mass is 10.0. The van der Waals surface area contributed by atoms with Crippen molar-refractivity contribution >= 4 is 17.6 Å². The van der Waals surface area contributed by atoms with E-state index in [2.05, 4.69) is 17.1 Å². The Labute approximate surface area is 161 Å². The highest BCUT2D eigenvalue weighted by molar-refractivity contribution is 5.89. The number of piperazine rings is 1. The van der Waals surface area contributed by atoms with E-state index in [0.717, 1.165) is 43.9 Å². The number of nitrogens with zero attached hydrogens (tertiary/aromatic N) is 3. The molecule has 27 heavy (non-hydrogen) atoms. The molecule has 0 bridgehead atoms. The number of hydrogen-bond donors (Lipinski definition) is 1. The summed E-state index contributed by atoms with van der Waals surface area (Å²) in [5.74, 6) is 0.979. The van der Waals surface area contributed by atoms with E-state index in [-0.39, 0.29) is 11.9 Å². The van der Waals surface area contributed by atoms with Gasteiger partial charge in [-0.1, -0.05) is 0 Å². The van der Waals surface area contributed by atoms with Crippen molar-refractivity contribution in [3.8, 4) is 5.75 Å². The van der Waals surface area contributed by atoms with Crippen molar-refractivity contribution in [3.63, 3.8) is 0 Å². The molecule has 3 rings (SSSR count). The summed E-state index contributed by atoms with van der Waals surface area (Å²) in [6, 6.07) is 7.54. The number of benzene rings is 1. The molecule has 1 N–H and O–H groups in total. The van der Waals surface area contributed by atoms with Crippen LogP contribution >= 0.6 is 0 Å². The minimum Gasteiger partial charge on any atom is -0.497 e. The summed E-state index contributed by atoms with van der Waals surface area (Å²) in [5.41, 5.74) is 0.748. The van der Waals surface area contributed by atoms with Gasteiger partial charge in [0.2, 0.25) is 5.91 Å². The first-order valence-electron chi connectivity index (χ1n) is 9.78. The van der Waals surface area contributed by atoms with Crippen molar-refractivity contribution in [3.05, 3.63) is 24.3 Å². The maximum Gasteiger partial charge on any atom is 0.321 e. The summed E-state index contributed by atoms with van der Waals surface area (Å²) in [5, 5.41) is 2.91. The van der Waals surface area contributed by atoms with Gasteiger partial charge in [0.15, 0.2) is 0 Å². The van der Waals surface area contributed by atoms with E-state index in [1.165, 1.54) is 6.42 Å². The van der Waals surface area contributed by atoms with Gasteiger partial charge in [0.25, 0.3) is 0 Å². The van der Waals surface area contributed by atoms with Gasteiger partial charge in [-0.25, -0.2) is 4.79 Å². The van der Waals surface area contributed by atoms with Crippen molar-refractivity contribution in [2.75, 3.05) is 51.7 Å². The fraction of sp³-hybridized carbons (Fsp3) is 0.600. The zero-order valence-electron chi connectivity index (χ0n) is 16.3. The number of hydrogen-bond acceptors (Lipinski definition) is 4. The molecule has 3 amide bonds. The molecule has 0 aromatic heterocycles. The topological polar surface area (TPSA) is 65.1 Å². The normalized spacial score (nSPS) is 21.0. The minimum absolute atomic E-state index is 0.101. The van der Waals surface area contributed by atoms with Gasteiger partial charge in [0.1, 0.15) is 5.75 Å². The Bertz CT molecular complexity index is 641. The molecule has 0 spiro atoms. The largest absolute Gasteiger partial charge is 0.497 e. The molecule has 7 nitrogen and oxygen atoms in total. The van der Waals surface area contributed by atoms with Crippen molar-refractivity contribution in [2.45, 2.75) is 32.2 Å². The van der Waals surface area contributed by atoms with Crippen LogP contribution in [0.1, 0.15) is 26.2 Å². The molecule has 2 fully saturated rings. The number of methoxy groups -OCH3 is 1. The third-order valence-corrected chi connectivity index (χ3v) is 5.48. The van der Waals surface area contributed by atoms with Gasteiger partial charge in [0.05, 0.1) is 13.7 Å². The van der Waals surface area contributed by atoms with E-state index in [1.54, 1.807) is 12.0 Å². The molecule has 0 unspecified atom stereocenters. The van der Waals surface area contributed by atoms with Crippen LogP contribution in [0.5, 0.6) is 5.75 Å². The number of anilines is 1. The third-order valence-electron chi connectivity index (χ3n) is 5.48. The molecule has 1 aromatic rings. The first kappa shape index (κ1) is 19.5. The Kier molecular flexibility index (Phi) is 6.55. The summed E-state index contributed by atoms with van der Waals surface area (Å²) in [6.07, 6.45) is 3.42. The van der Waals surface area contributed by atoms with Gasteiger partial charge in [-0.2, -0.15) is 0 Å². The maximum absolute atomic E-state index is 12.6. The summed E-state index contributed by atoms with van der Waals surface area (Å²) in [4.78, 5) is 31.0. The SMILES string of the molecule is COc1ccc(NC(=O)N2CCN(CC(=O)N3CCCC[C@H]3C)CC2)cc1. The number of piperidine rings is 1. The summed E-state index contributed by atoms with van der Waals surface area (Å²) < 4.78 is 5.12. The Morgan fingerprint density at radius 3 is 2.41 bits per heavy atom.